The van der Waals surface area contributed by atoms with Crippen molar-refractivity contribution in [2.75, 3.05) is 10.2 Å². The number of aryl methyl sites for hydroxylation is 2. The Morgan fingerprint density at radius 1 is 0.931 bits per heavy atom. The van der Waals surface area contributed by atoms with Crippen molar-refractivity contribution in [2.24, 2.45) is 23.7 Å². The highest BCUT2D eigenvalue weighted by molar-refractivity contribution is 6.25. The summed E-state index contributed by atoms with van der Waals surface area (Å²) in [5.74, 6) is -0.971. The minimum Gasteiger partial charge on any atom is -0.322 e. The first kappa shape index (κ1) is 17.9. The Hall–Kier alpha value is -3.21. The summed E-state index contributed by atoms with van der Waals surface area (Å²) in [6.07, 6.45) is 5.02. The lowest BCUT2D eigenvalue weighted by atomic mass is 9.85. The molecule has 2 aromatic rings. The van der Waals surface area contributed by atoms with E-state index in [4.69, 9.17) is 0 Å². The monoisotopic (exact) mass is 386 g/mol. The molecule has 0 unspecified atom stereocenters. The van der Waals surface area contributed by atoms with E-state index in [2.05, 4.69) is 17.5 Å². The third kappa shape index (κ3) is 2.64. The highest BCUT2D eigenvalue weighted by Gasteiger charge is 2.59. The van der Waals surface area contributed by atoms with Crippen LogP contribution in [-0.4, -0.2) is 17.7 Å². The number of anilines is 2. The van der Waals surface area contributed by atoms with E-state index in [1.54, 1.807) is 24.3 Å². The fourth-order valence-electron chi connectivity index (χ4n) is 5.02. The summed E-state index contributed by atoms with van der Waals surface area (Å²) in [6.45, 7) is 4.00. The van der Waals surface area contributed by atoms with Crippen LogP contribution < -0.4 is 10.2 Å². The Labute approximate surface area is 169 Å². The van der Waals surface area contributed by atoms with Crippen LogP contribution >= 0.6 is 0 Å². The minimum absolute atomic E-state index is 0.142. The highest BCUT2D eigenvalue weighted by atomic mass is 16.2. The standard InChI is InChI=1S/C24H22N2O3/c1-13-7-10-17(11-14(13)2)25-22(27)18-5-3-4-6-19(18)26-23(28)20-15-8-9-16(12-15)21(20)24(26)29/h3-11,15-16,20-21H,12H2,1-2H3,(H,25,27)/t15-,16-,20+,21+/m0/s1. The van der Waals surface area contributed by atoms with Gasteiger partial charge in [-0.05, 0) is 67.5 Å². The van der Waals surface area contributed by atoms with Crippen molar-refractivity contribution in [3.8, 4) is 0 Å². The second-order valence-corrected chi connectivity index (χ2v) is 8.28. The number of hydrogen-bond donors (Lipinski definition) is 1. The Bertz CT molecular complexity index is 1060. The summed E-state index contributed by atoms with van der Waals surface area (Å²) in [5.41, 5.74) is 3.61. The number of para-hydroxylation sites is 1. The van der Waals surface area contributed by atoms with Gasteiger partial charge in [0.15, 0.2) is 0 Å². The van der Waals surface area contributed by atoms with Crippen molar-refractivity contribution in [3.05, 3.63) is 71.3 Å². The Morgan fingerprint density at radius 2 is 1.59 bits per heavy atom. The number of fused-ring (bicyclic) bond motifs is 5. The van der Waals surface area contributed by atoms with E-state index >= 15 is 0 Å². The summed E-state index contributed by atoms with van der Waals surface area (Å²) in [7, 11) is 0. The fraction of sp³-hybridized carbons (Fsp3) is 0.292. The van der Waals surface area contributed by atoms with Gasteiger partial charge in [-0.2, -0.15) is 0 Å². The molecule has 2 aliphatic carbocycles. The number of carbonyl (C=O) groups is 3. The van der Waals surface area contributed by atoms with Gasteiger partial charge in [0.1, 0.15) is 0 Å². The van der Waals surface area contributed by atoms with E-state index in [9.17, 15) is 14.4 Å². The van der Waals surface area contributed by atoms with E-state index in [1.165, 1.54) is 4.90 Å². The number of nitrogens with one attached hydrogen (secondary N) is 1. The summed E-state index contributed by atoms with van der Waals surface area (Å²) < 4.78 is 0. The average molecular weight is 386 g/mol. The van der Waals surface area contributed by atoms with E-state index in [0.717, 1.165) is 17.5 Å². The summed E-state index contributed by atoms with van der Waals surface area (Å²) in [4.78, 5) is 40.5. The second kappa shape index (κ2) is 6.41. The van der Waals surface area contributed by atoms with E-state index in [1.807, 2.05) is 32.0 Å². The number of allylic oxidation sites excluding steroid dienone is 2. The van der Waals surface area contributed by atoms with Gasteiger partial charge in [-0.1, -0.05) is 30.4 Å². The van der Waals surface area contributed by atoms with Crippen LogP contribution in [0.2, 0.25) is 0 Å². The van der Waals surface area contributed by atoms with Gasteiger partial charge in [0.05, 0.1) is 23.1 Å². The van der Waals surface area contributed by atoms with Gasteiger partial charge in [0.25, 0.3) is 5.91 Å². The molecule has 4 atom stereocenters. The van der Waals surface area contributed by atoms with Crippen molar-refractivity contribution in [1.29, 1.82) is 0 Å². The molecule has 5 rings (SSSR count). The van der Waals surface area contributed by atoms with Gasteiger partial charge < -0.3 is 5.32 Å². The average Bonchev–Trinajstić information content (AvgIpc) is 3.39. The molecule has 5 heteroatoms. The van der Waals surface area contributed by atoms with Crippen molar-refractivity contribution >= 4 is 29.1 Å². The quantitative estimate of drug-likeness (QED) is 0.643. The van der Waals surface area contributed by atoms with Crippen LogP contribution in [0.15, 0.2) is 54.6 Å². The van der Waals surface area contributed by atoms with Crippen LogP contribution in [0.4, 0.5) is 11.4 Å². The Balaban J connectivity index is 1.47. The molecular formula is C24H22N2O3. The van der Waals surface area contributed by atoms with E-state index in [0.29, 0.717) is 16.9 Å². The molecule has 1 saturated carbocycles. The van der Waals surface area contributed by atoms with Crippen molar-refractivity contribution in [1.82, 2.24) is 0 Å². The zero-order chi connectivity index (χ0) is 20.3. The van der Waals surface area contributed by atoms with E-state index in [-0.39, 0.29) is 41.4 Å². The number of rotatable bonds is 3. The van der Waals surface area contributed by atoms with E-state index < -0.39 is 0 Å². The van der Waals surface area contributed by atoms with Crippen LogP contribution in [0.3, 0.4) is 0 Å². The molecule has 0 radical (unpaired) electrons. The second-order valence-electron chi connectivity index (χ2n) is 8.28. The maximum absolute atomic E-state index is 13.1. The number of nitrogens with zero attached hydrogens (tertiary/aromatic N) is 1. The molecule has 2 aromatic carbocycles. The van der Waals surface area contributed by atoms with Gasteiger partial charge in [-0.3, -0.25) is 14.4 Å². The molecule has 5 nitrogen and oxygen atoms in total. The predicted molar refractivity (Wildman–Crippen MR) is 111 cm³/mol. The third-order valence-electron chi connectivity index (χ3n) is 6.62. The van der Waals surface area contributed by atoms with Gasteiger partial charge in [0, 0.05) is 5.69 Å². The summed E-state index contributed by atoms with van der Waals surface area (Å²) in [6, 6.07) is 12.6. The maximum Gasteiger partial charge on any atom is 0.257 e. The number of hydrogen-bond acceptors (Lipinski definition) is 3. The molecule has 1 aliphatic heterocycles. The summed E-state index contributed by atoms with van der Waals surface area (Å²) in [5, 5.41) is 2.90. The summed E-state index contributed by atoms with van der Waals surface area (Å²) >= 11 is 0. The molecule has 29 heavy (non-hydrogen) atoms. The van der Waals surface area contributed by atoms with Gasteiger partial charge >= 0.3 is 0 Å². The lowest BCUT2D eigenvalue weighted by Crippen LogP contribution is -2.34. The topological polar surface area (TPSA) is 66.5 Å². The van der Waals surface area contributed by atoms with Crippen molar-refractivity contribution in [3.63, 3.8) is 0 Å². The number of amides is 3. The molecule has 3 aliphatic rings. The molecule has 0 spiro atoms. The van der Waals surface area contributed by atoms with Crippen LogP contribution in [0.5, 0.6) is 0 Å². The minimum atomic E-state index is -0.331. The van der Waals surface area contributed by atoms with Gasteiger partial charge in [0.2, 0.25) is 11.8 Å². The number of imide groups is 1. The largest absolute Gasteiger partial charge is 0.322 e. The SMILES string of the molecule is Cc1ccc(NC(=O)c2ccccc2N2C(=O)[C@H]3[C@H](C2=O)[C@H]2C=C[C@H]3C2)cc1C. The van der Waals surface area contributed by atoms with Crippen LogP contribution in [-0.2, 0) is 9.59 Å². The fourth-order valence-corrected chi connectivity index (χ4v) is 5.02. The lowest BCUT2D eigenvalue weighted by molar-refractivity contribution is -0.123. The van der Waals surface area contributed by atoms with Crippen molar-refractivity contribution in [2.45, 2.75) is 20.3 Å². The number of carbonyl (C=O) groups excluding carboxylic acids is 3. The lowest BCUT2D eigenvalue weighted by Gasteiger charge is -2.20. The maximum atomic E-state index is 13.1. The highest BCUT2D eigenvalue weighted by Crippen LogP contribution is 2.53. The van der Waals surface area contributed by atoms with Gasteiger partial charge in [-0.15, -0.1) is 0 Å². The Kier molecular flexibility index (Phi) is 3.95. The molecule has 3 amide bonds. The number of benzene rings is 2. The van der Waals surface area contributed by atoms with Crippen molar-refractivity contribution < 1.29 is 14.4 Å². The molecule has 146 valence electrons. The smallest absolute Gasteiger partial charge is 0.257 e. The third-order valence-corrected chi connectivity index (χ3v) is 6.62. The van der Waals surface area contributed by atoms with Crippen LogP contribution in [0, 0.1) is 37.5 Å². The van der Waals surface area contributed by atoms with Gasteiger partial charge in [-0.25, -0.2) is 4.90 Å². The molecule has 1 saturated heterocycles. The zero-order valence-corrected chi connectivity index (χ0v) is 16.4. The zero-order valence-electron chi connectivity index (χ0n) is 16.4. The first-order valence-corrected chi connectivity index (χ1v) is 9.99. The first-order valence-electron chi connectivity index (χ1n) is 9.99. The molecule has 0 aromatic heterocycles. The molecule has 2 bridgehead atoms. The molecule has 2 fully saturated rings. The molecular weight excluding hydrogens is 364 g/mol. The van der Waals surface area contributed by atoms with Crippen LogP contribution in [0.1, 0.15) is 27.9 Å². The molecule has 1 N–H and O–H groups in total. The normalized spacial score (nSPS) is 26.9. The molecule has 1 heterocycles. The predicted octanol–water partition coefficient (Wildman–Crippen LogP) is 3.87. The van der Waals surface area contributed by atoms with Crippen LogP contribution in [0.25, 0.3) is 0 Å². The Morgan fingerprint density at radius 3 is 2.24 bits per heavy atom. The first-order chi connectivity index (χ1) is 14.0.